The molecular formula is C42H78N2O14. The minimum atomic E-state index is -1.64. The highest BCUT2D eigenvalue weighted by Gasteiger charge is 2.55. The molecule has 4 rings (SSSR count). The van der Waals surface area contributed by atoms with Crippen molar-refractivity contribution in [1.29, 1.82) is 0 Å². The number of nitrogens with one attached hydrogen (secondary N) is 1. The van der Waals surface area contributed by atoms with Crippen LogP contribution in [0.15, 0.2) is 0 Å². The van der Waals surface area contributed by atoms with E-state index in [0.717, 1.165) is 0 Å². The molecule has 16 heteroatoms. The predicted octanol–water partition coefficient (Wildman–Crippen LogP) is 2.20. The van der Waals surface area contributed by atoms with Crippen LogP contribution in [0.1, 0.15) is 94.9 Å². The number of cyclic esters (lactones) is 1. The normalized spacial score (nSPS) is 48.7. The van der Waals surface area contributed by atoms with E-state index in [4.69, 9.17) is 42.6 Å². The van der Waals surface area contributed by atoms with Crippen molar-refractivity contribution in [2.45, 2.75) is 191 Å². The van der Waals surface area contributed by atoms with E-state index in [1.165, 1.54) is 7.11 Å². The first-order chi connectivity index (χ1) is 27.0. The van der Waals surface area contributed by atoms with Gasteiger partial charge in [-0.25, -0.2) is 0 Å². The van der Waals surface area contributed by atoms with Gasteiger partial charge in [-0.2, -0.15) is 0 Å². The number of aliphatic hydroxyl groups excluding tert-OH is 2. The number of likely N-dealkylation sites (N-methyl/N-ethyl adjacent to an activating group) is 1. The van der Waals surface area contributed by atoms with Crippen LogP contribution in [-0.2, 0) is 47.4 Å². The first-order valence-corrected chi connectivity index (χ1v) is 21.4. The quantitative estimate of drug-likeness (QED) is 0.142. The van der Waals surface area contributed by atoms with Gasteiger partial charge in [0.15, 0.2) is 12.6 Å². The largest absolute Gasteiger partial charge is 0.459 e. The average Bonchev–Trinajstić information content (AvgIpc) is 3.15. The second-order valence-corrected chi connectivity index (χ2v) is 18.6. The Labute approximate surface area is 346 Å². The summed E-state index contributed by atoms with van der Waals surface area (Å²) in [6, 6.07) is -0.593. The molecule has 2 bridgehead atoms. The van der Waals surface area contributed by atoms with E-state index < -0.39 is 96.1 Å². The molecule has 4 saturated heterocycles. The van der Waals surface area contributed by atoms with Gasteiger partial charge in [-0.3, -0.25) is 10.1 Å². The zero-order chi connectivity index (χ0) is 43.5. The number of methoxy groups -OCH3 is 2. The Kier molecular flexibility index (Phi) is 17.4. The summed E-state index contributed by atoms with van der Waals surface area (Å²) in [4.78, 5) is 16.4. The number of carbonyl (C=O) groups is 1. The van der Waals surface area contributed by atoms with Crippen molar-refractivity contribution in [3.8, 4) is 0 Å². The lowest BCUT2D eigenvalue weighted by Crippen LogP contribution is -2.67. The number of hydrogen-bond donors (Lipinski definition) is 5. The zero-order valence-corrected chi connectivity index (χ0v) is 37.6. The van der Waals surface area contributed by atoms with E-state index >= 15 is 0 Å². The third-order valence-corrected chi connectivity index (χ3v) is 13.5. The van der Waals surface area contributed by atoms with Crippen LogP contribution in [0.5, 0.6) is 0 Å². The predicted molar refractivity (Wildman–Crippen MR) is 214 cm³/mol. The Morgan fingerprint density at radius 2 is 1.59 bits per heavy atom. The summed E-state index contributed by atoms with van der Waals surface area (Å²) in [5.41, 5.74) is -4.27. The van der Waals surface area contributed by atoms with Crippen molar-refractivity contribution in [3.63, 3.8) is 0 Å². The molecule has 8 unspecified atom stereocenters. The maximum atomic E-state index is 14.5. The molecule has 0 aromatic carbocycles. The Hall–Kier alpha value is -1.09. The maximum absolute atomic E-state index is 14.5. The van der Waals surface area contributed by atoms with Gasteiger partial charge >= 0.3 is 5.97 Å². The van der Waals surface area contributed by atoms with Crippen molar-refractivity contribution in [1.82, 2.24) is 10.2 Å². The van der Waals surface area contributed by atoms with Gasteiger partial charge in [-0.05, 0) is 80.8 Å². The number of hydrogen-bond acceptors (Lipinski definition) is 16. The highest BCUT2D eigenvalue weighted by Crippen LogP contribution is 2.43. The lowest BCUT2D eigenvalue weighted by molar-refractivity contribution is -0.318. The molecule has 0 aliphatic carbocycles. The fraction of sp³-hybridized carbons (Fsp3) is 0.976. The summed E-state index contributed by atoms with van der Waals surface area (Å²) in [6.45, 7) is 19.1. The maximum Gasteiger partial charge on any atom is 0.311 e. The van der Waals surface area contributed by atoms with E-state index in [9.17, 15) is 25.2 Å². The number of carbonyl (C=O) groups excluding carboxylic acids is 1. The van der Waals surface area contributed by atoms with E-state index in [0.29, 0.717) is 19.6 Å². The second kappa shape index (κ2) is 20.4. The second-order valence-electron chi connectivity index (χ2n) is 18.6. The van der Waals surface area contributed by atoms with Crippen LogP contribution in [0.25, 0.3) is 0 Å². The number of esters is 1. The van der Waals surface area contributed by atoms with Crippen molar-refractivity contribution >= 4 is 5.97 Å². The number of nitrogens with zero attached hydrogens (tertiary/aromatic N) is 1. The Balaban J connectivity index is 1.83. The molecule has 0 aromatic heterocycles. The third-order valence-electron chi connectivity index (χ3n) is 13.5. The molecule has 340 valence electrons. The van der Waals surface area contributed by atoms with E-state index in [-0.39, 0.29) is 55.9 Å². The highest BCUT2D eigenvalue weighted by atomic mass is 16.7. The van der Waals surface area contributed by atoms with Crippen molar-refractivity contribution < 1.29 is 67.9 Å². The van der Waals surface area contributed by atoms with Crippen LogP contribution in [-0.4, -0.2) is 176 Å². The molecule has 4 aliphatic heterocycles. The molecule has 0 spiro atoms. The highest BCUT2D eigenvalue weighted by molar-refractivity contribution is 5.73. The van der Waals surface area contributed by atoms with E-state index in [1.54, 1.807) is 41.7 Å². The fourth-order valence-corrected chi connectivity index (χ4v) is 10.0. The smallest absolute Gasteiger partial charge is 0.311 e. The van der Waals surface area contributed by atoms with Gasteiger partial charge in [0.2, 0.25) is 0 Å². The summed E-state index contributed by atoms with van der Waals surface area (Å²) < 4.78 is 55.7. The van der Waals surface area contributed by atoms with Crippen LogP contribution >= 0.6 is 0 Å². The molecule has 4 aliphatic rings. The fourth-order valence-electron chi connectivity index (χ4n) is 10.0. The first kappa shape index (κ1) is 49.6. The summed E-state index contributed by atoms with van der Waals surface area (Å²) in [5.74, 6) is -2.95. The Morgan fingerprint density at radius 3 is 2.19 bits per heavy atom. The molecule has 5 N–H and O–H groups in total. The topological polar surface area (TPSA) is 196 Å². The Bertz CT molecular complexity index is 1290. The molecule has 58 heavy (non-hydrogen) atoms. The van der Waals surface area contributed by atoms with Gasteiger partial charge in [0.05, 0.1) is 67.5 Å². The van der Waals surface area contributed by atoms with E-state index in [1.807, 2.05) is 53.6 Å². The van der Waals surface area contributed by atoms with Gasteiger partial charge in [0.1, 0.15) is 30.1 Å². The van der Waals surface area contributed by atoms with Crippen molar-refractivity contribution in [3.05, 3.63) is 0 Å². The van der Waals surface area contributed by atoms with Crippen molar-refractivity contribution in [2.24, 2.45) is 23.7 Å². The zero-order valence-electron chi connectivity index (χ0n) is 37.6. The third kappa shape index (κ3) is 11.1. The first-order valence-electron chi connectivity index (χ1n) is 21.4. The van der Waals surface area contributed by atoms with E-state index in [2.05, 4.69) is 5.32 Å². The van der Waals surface area contributed by atoms with Gasteiger partial charge in [0.25, 0.3) is 0 Å². The van der Waals surface area contributed by atoms with Gasteiger partial charge in [-0.15, -0.1) is 0 Å². The molecule has 4 fully saturated rings. The van der Waals surface area contributed by atoms with Crippen LogP contribution in [0, 0.1) is 23.7 Å². The van der Waals surface area contributed by atoms with Crippen LogP contribution in [0.3, 0.4) is 0 Å². The van der Waals surface area contributed by atoms with Crippen molar-refractivity contribution in [2.75, 3.05) is 48.1 Å². The minimum Gasteiger partial charge on any atom is -0.459 e. The van der Waals surface area contributed by atoms with Gasteiger partial charge in [-0.1, -0.05) is 27.7 Å². The van der Waals surface area contributed by atoms with Gasteiger partial charge < -0.3 is 68.0 Å². The van der Waals surface area contributed by atoms with Crippen LogP contribution in [0.2, 0.25) is 0 Å². The minimum absolute atomic E-state index is 0.137. The van der Waals surface area contributed by atoms with Crippen LogP contribution < -0.4 is 5.32 Å². The number of aliphatic hydroxyl groups is 4. The Morgan fingerprint density at radius 1 is 0.914 bits per heavy atom. The molecule has 0 radical (unpaired) electrons. The summed E-state index contributed by atoms with van der Waals surface area (Å²) in [7, 11) is 6.90. The molecule has 0 saturated carbocycles. The number of ether oxygens (including phenoxy) is 9. The lowest BCUT2D eigenvalue weighted by Gasteiger charge is -2.52. The van der Waals surface area contributed by atoms with Gasteiger partial charge in [0, 0.05) is 44.6 Å². The standard InChI is InChI=1S/C42H78N2O14/c1-15-29-42(10,49)37-24(4)32(43-30(56-37)21-52-17-16-50-13)22(2)19-40(8,48)36(58-39-33(45)28(44(11)12)18-23(3)53-39)25(5)34(26(6)38(47)55-29)57-31-20-41(9,51-14)35(46)27(7)54-31/h22-37,39,43,45-46,48-49H,15-21H2,1-14H3/t22-,23?,24+,25+,26-,27?,28?,29+,30-,31?,32+,33?,34-,35?,36-,37-,39?,40-,41?,42-/m1/s1. The molecule has 20 atom stereocenters. The molecule has 4 heterocycles. The molecule has 16 nitrogen and oxygen atoms in total. The summed E-state index contributed by atoms with van der Waals surface area (Å²) in [6.07, 6.45) is -8.29. The summed E-state index contributed by atoms with van der Waals surface area (Å²) >= 11 is 0. The number of rotatable bonds is 12. The lowest BCUT2D eigenvalue weighted by atomic mass is 9.71. The van der Waals surface area contributed by atoms with Crippen LogP contribution in [0.4, 0.5) is 0 Å². The SMILES string of the molecule is CC[C@@H]1OC(=O)[C@H](C)[C@H](OC2CC(C)(OC)C(O)C(C)O2)[C@H](C)[C@@H](OC2OC(C)CC(N(C)C)C2O)[C@](C)(O)C[C@@H](C)[C@@H]2N[C@@H](COCCOC)O[C@H]([C@H]2C)[C@]1(C)O. The molecule has 0 amide bonds. The number of fused-ring (bicyclic) bond motifs is 2. The monoisotopic (exact) mass is 835 g/mol. The molecule has 0 aromatic rings. The molecular weight excluding hydrogens is 756 g/mol. The summed E-state index contributed by atoms with van der Waals surface area (Å²) in [5, 5.41) is 51.5. The average molecular weight is 835 g/mol.